The molecule has 1 aromatic carbocycles. The summed E-state index contributed by atoms with van der Waals surface area (Å²) in [6, 6.07) is 9.74. The maximum atomic E-state index is 11.5. The number of rotatable bonds is 4. The van der Waals surface area contributed by atoms with Gasteiger partial charge in [-0.1, -0.05) is 56.7 Å². The molecule has 0 aromatic heterocycles. The van der Waals surface area contributed by atoms with Crippen LogP contribution in [0.25, 0.3) is 4.85 Å². The van der Waals surface area contributed by atoms with Gasteiger partial charge in [-0.3, -0.25) is 4.79 Å². The first-order valence-electron chi connectivity index (χ1n) is 6.47. The highest BCUT2D eigenvalue weighted by Crippen LogP contribution is 2.14. The van der Waals surface area contributed by atoms with Crippen LogP contribution in [0.2, 0.25) is 0 Å². The summed E-state index contributed by atoms with van der Waals surface area (Å²) in [6.45, 7) is 14.8. The third-order valence-corrected chi connectivity index (χ3v) is 2.30. The lowest BCUT2D eigenvalue weighted by Gasteiger charge is -2.05. The Labute approximate surface area is 115 Å². The van der Waals surface area contributed by atoms with Crippen LogP contribution in [0.4, 0.5) is 0 Å². The molecule has 0 amide bonds. The topological polar surface area (TPSA) is 30.7 Å². The third-order valence-electron chi connectivity index (χ3n) is 2.30. The Morgan fingerprint density at radius 2 is 1.84 bits per heavy atom. The maximum absolute atomic E-state index is 11.5. The Kier molecular flexibility index (Phi) is 8.82. The lowest BCUT2D eigenvalue weighted by atomic mass is 10.0. The predicted molar refractivity (Wildman–Crippen MR) is 77.4 cm³/mol. The van der Waals surface area contributed by atoms with Crippen molar-refractivity contribution in [1.82, 2.24) is 0 Å². The summed E-state index contributed by atoms with van der Waals surface area (Å²) in [5.41, 5.74) is 1.91. The van der Waals surface area contributed by atoms with E-state index in [4.69, 9.17) is 11.3 Å². The van der Waals surface area contributed by atoms with E-state index in [1.54, 1.807) is 13.8 Å². The lowest BCUT2D eigenvalue weighted by Crippen LogP contribution is -2.07. The number of carbonyl (C=O) groups excluding carboxylic acids is 1. The molecule has 0 aliphatic heterocycles. The Bertz CT molecular complexity index is 455. The molecular formula is C16H21NO2. The molecule has 0 bridgehead atoms. The van der Waals surface area contributed by atoms with Crippen LogP contribution in [0.1, 0.15) is 33.3 Å². The molecule has 0 radical (unpaired) electrons. The van der Waals surface area contributed by atoms with E-state index < -0.39 is 5.97 Å². The second-order valence-corrected chi connectivity index (χ2v) is 3.62. The summed E-state index contributed by atoms with van der Waals surface area (Å²) in [5.74, 6) is -0.532. The molecule has 0 N–H and O–H groups in total. The first-order chi connectivity index (χ1) is 9.19. The predicted octanol–water partition coefficient (Wildman–Crippen LogP) is 4.01. The Morgan fingerprint density at radius 1 is 1.26 bits per heavy atom. The number of carbonyl (C=O) groups is 1. The summed E-state index contributed by atoms with van der Waals surface area (Å²) >= 11 is 0. The largest absolute Gasteiger partial charge is 0.471 e. The van der Waals surface area contributed by atoms with Crippen molar-refractivity contribution in [1.29, 1.82) is 0 Å². The van der Waals surface area contributed by atoms with E-state index >= 15 is 0 Å². The van der Waals surface area contributed by atoms with Gasteiger partial charge in [-0.05, 0) is 18.9 Å². The smallest absolute Gasteiger partial charge is 0.336 e. The highest BCUT2D eigenvalue weighted by molar-refractivity contribution is 5.91. The second-order valence-electron chi connectivity index (χ2n) is 3.62. The fourth-order valence-electron chi connectivity index (χ4n) is 1.50. The zero-order chi connectivity index (χ0) is 14.7. The van der Waals surface area contributed by atoms with Gasteiger partial charge in [-0.25, -0.2) is 4.85 Å². The van der Waals surface area contributed by atoms with E-state index in [2.05, 4.69) is 4.85 Å². The summed E-state index contributed by atoms with van der Waals surface area (Å²) in [4.78, 5) is 14.8. The number of benzene rings is 1. The number of esters is 1. The van der Waals surface area contributed by atoms with Gasteiger partial charge in [0.2, 0.25) is 0 Å². The molecule has 102 valence electrons. The van der Waals surface area contributed by atoms with E-state index in [1.807, 2.05) is 44.2 Å². The molecule has 0 heterocycles. The van der Waals surface area contributed by atoms with Gasteiger partial charge in [0.05, 0.1) is 13.2 Å². The number of allylic oxidation sites excluding steroid dienone is 1. The van der Waals surface area contributed by atoms with Gasteiger partial charge in [0.15, 0.2) is 0 Å². The lowest BCUT2D eigenvalue weighted by molar-refractivity contribution is -0.138. The minimum Gasteiger partial charge on any atom is -0.471 e. The van der Waals surface area contributed by atoms with Crippen molar-refractivity contribution >= 4 is 5.97 Å². The molecule has 0 unspecified atom stereocenters. The maximum Gasteiger partial charge on any atom is 0.336 e. The third kappa shape index (κ3) is 5.87. The summed E-state index contributed by atoms with van der Waals surface area (Å²) < 4.78 is 4.84. The number of hydrogen-bond acceptors (Lipinski definition) is 2. The number of nitrogens with zero attached hydrogens (tertiary/aromatic N) is 1. The van der Waals surface area contributed by atoms with E-state index in [9.17, 15) is 4.79 Å². The fourth-order valence-corrected chi connectivity index (χ4v) is 1.50. The van der Waals surface area contributed by atoms with Crippen LogP contribution in [-0.4, -0.2) is 12.6 Å². The minimum atomic E-state index is -0.532. The second kappa shape index (κ2) is 9.90. The molecule has 0 fully saturated rings. The molecule has 19 heavy (non-hydrogen) atoms. The molecule has 3 heteroatoms. The van der Waals surface area contributed by atoms with E-state index in [-0.39, 0.29) is 12.3 Å². The van der Waals surface area contributed by atoms with Crippen LogP contribution >= 0.6 is 0 Å². The fraction of sp³-hybridized carbons (Fsp3) is 0.375. The number of hydrogen-bond donors (Lipinski definition) is 0. The minimum absolute atomic E-state index is 0.0932. The van der Waals surface area contributed by atoms with Gasteiger partial charge in [0.25, 0.3) is 5.70 Å². The SMILES string of the molecule is CC.[C-]#[N+]/C(C(=O)OCC)=C(/C)Cc1ccccc1. The van der Waals surface area contributed by atoms with E-state index in [0.29, 0.717) is 6.42 Å². The monoisotopic (exact) mass is 259 g/mol. The Balaban J connectivity index is 0.00000154. The van der Waals surface area contributed by atoms with Crippen molar-refractivity contribution < 1.29 is 9.53 Å². The molecule has 0 saturated carbocycles. The molecule has 0 aliphatic rings. The zero-order valence-corrected chi connectivity index (χ0v) is 12.1. The van der Waals surface area contributed by atoms with Crippen molar-refractivity contribution in [3.63, 3.8) is 0 Å². The summed E-state index contributed by atoms with van der Waals surface area (Å²) in [6.07, 6.45) is 0.595. The molecule has 0 spiro atoms. The van der Waals surface area contributed by atoms with Gasteiger partial charge in [0.1, 0.15) is 0 Å². The molecule has 0 atom stereocenters. The van der Waals surface area contributed by atoms with Crippen LogP contribution < -0.4 is 0 Å². The van der Waals surface area contributed by atoms with Gasteiger partial charge >= 0.3 is 5.97 Å². The molecule has 3 nitrogen and oxygen atoms in total. The van der Waals surface area contributed by atoms with Gasteiger partial charge in [-0.2, -0.15) is 0 Å². The number of ether oxygens (including phenoxy) is 1. The summed E-state index contributed by atoms with van der Waals surface area (Å²) in [5, 5.41) is 0. The zero-order valence-electron chi connectivity index (χ0n) is 12.1. The van der Waals surface area contributed by atoms with Crippen molar-refractivity contribution in [2.75, 3.05) is 6.61 Å². The quantitative estimate of drug-likeness (QED) is 0.464. The summed E-state index contributed by atoms with van der Waals surface area (Å²) in [7, 11) is 0. The van der Waals surface area contributed by atoms with E-state index in [0.717, 1.165) is 11.1 Å². The first kappa shape index (κ1) is 16.9. The van der Waals surface area contributed by atoms with Crippen LogP contribution in [0.5, 0.6) is 0 Å². The van der Waals surface area contributed by atoms with Crippen LogP contribution in [0, 0.1) is 6.57 Å². The standard InChI is InChI=1S/C14H15NO2.C2H6/c1-4-17-14(16)13(15-3)11(2)10-12-8-6-5-7-9-12;1-2/h5-9H,4,10H2,1-2H3;1-2H3/b13-11-;. The van der Waals surface area contributed by atoms with E-state index in [1.165, 1.54) is 0 Å². The van der Waals surface area contributed by atoms with Crippen LogP contribution in [-0.2, 0) is 16.0 Å². The van der Waals surface area contributed by atoms with Crippen LogP contribution in [0.15, 0.2) is 41.6 Å². The molecule has 0 aliphatic carbocycles. The Hall–Kier alpha value is -2.08. The average molecular weight is 259 g/mol. The van der Waals surface area contributed by atoms with Gasteiger partial charge < -0.3 is 4.74 Å². The molecule has 1 rings (SSSR count). The van der Waals surface area contributed by atoms with Gasteiger partial charge in [0, 0.05) is 0 Å². The van der Waals surface area contributed by atoms with Crippen molar-refractivity contribution in [3.05, 3.63) is 58.6 Å². The van der Waals surface area contributed by atoms with Crippen molar-refractivity contribution in [2.24, 2.45) is 0 Å². The van der Waals surface area contributed by atoms with Crippen molar-refractivity contribution in [2.45, 2.75) is 34.1 Å². The Morgan fingerprint density at radius 3 is 2.32 bits per heavy atom. The molecular weight excluding hydrogens is 238 g/mol. The van der Waals surface area contributed by atoms with Crippen molar-refractivity contribution in [3.8, 4) is 0 Å². The highest BCUT2D eigenvalue weighted by atomic mass is 16.5. The van der Waals surface area contributed by atoms with Crippen LogP contribution in [0.3, 0.4) is 0 Å². The van der Waals surface area contributed by atoms with Gasteiger partial charge in [-0.15, -0.1) is 0 Å². The highest BCUT2D eigenvalue weighted by Gasteiger charge is 2.14. The first-order valence-corrected chi connectivity index (χ1v) is 6.47. The average Bonchev–Trinajstić information content (AvgIpc) is 2.43. The molecule has 1 aromatic rings. The normalized spacial score (nSPS) is 10.5. The molecule has 0 saturated heterocycles.